The standard InChI is InChI=1S/C13H22N4O2/c1-18-10-5-8-15-13(17-14)16-9-11-19-12-6-3-2-4-7-12/h2-4,6-7H,5,8-11,14H2,1H3,(H2,15,16,17). The second-order valence-corrected chi connectivity index (χ2v) is 3.81. The molecule has 6 heteroatoms. The fourth-order valence-electron chi connectivity index (χ4n) is 1.41. The number of hydrazine groups is 1. The summed E-state index contributed by atoms with van der Waals surface area (Å²) in [5.41, 5.74) is 2.52. The van der Waals surface area contributed by atoms with Crippen LogP contribution in [0.3, 0.4) is 0 Å². The number of benzene rings is 1. The Kier molecular flexibility index (Phi) is 8.17. The van der Waals surface area contributed by atoms with Gasteiger partial charge in [0.15, 0.2) is 0 Å². The van der Waals surface area contributed by atoms with Crippen molar-refractivity contribution < 1.29 is 9.47 Å². The van der Waals surface area contributed by atoms with E-state index in [9.17, 15) is 0 Å². The minimum Gasteiger partial charge on any atom is -0.492 e. The molecule has 0 saturated heterocycles. The lowest BCUT2D eigenvalue weighted by molar-refractivity contribution is 0.197. The molecule has 0 aliphatic heterocycles. The van der Waals surface area contributed by atoms with Crippen LogP contribution < -0.4 is 21.3 Å². The predicted octanol–water partition coefficient (Wildman–Crippen LogP) is 0.511. The number of nitrogens with one attached hydrogen (secondary N) is 2. The van der Waals surface area contributed by atoms with E-state index in [0.29, 0.717) is 32.3 Å². The number of methoxy groups -OCH3 is 1. The predicted molar refractivity (Wildman–Crippen MR) is 76.1 cm³/mol. The molecule has 0 spiro atoms. The normalized spacial score (nSPS) is 11.2. The van der Waals surface area contributed by atoms with Crippen molar-refractivity contribution in [3.63, 3.8) is 0 Å². The summed E-state index contributed by atoms with van der Waals surface area (Å²) < 4.78 is 10.5. The van der Waals surface area contributed by atoms with Crippen LogP contribution >= 0.6 is 0 Å². The largest absolute Gasteiger partial charge is 0.492 e. The van der Waals surface area contributed by atoms with Crippen molar-refractivity contribution >= 4 is 5.96 Å². The van der Waals surface area contributed by atoms with Gasteiger partial charge in [0, 0.05) is 20.3 Å². The van der Waals surface area contributed by atoms with Gasteiger partial charge in [0.05, 0.1) is 6.54 Å². The van der Waals surface area contributed by atoms with Gasteiger partial charge in [0.25, 0.3) is 0 Å². The van der Waals surface area contributed by atoms with Crippen molar-refractivity contribution in [1.82, 2.24) is 10.7 Å². The van der Waals surface area contributed by atoms with Crippen LogP contribution in [-0.2, 0) is 4.74 Å². The first-order valence-electron chi connectivity index (χ1n) is 6.28. The number of aliphatic imine (C=N–C) groups is 1. The summed E-state index contributed by atoms with van der Waals surface area (Å²) in [4.78, 5) is 4.26. The molecule has 0 aliphatic carbocycles. The second kappa shape index (κ2) is 10.2. The lowest BCUT2D eigenvalue weighted by Gasteiger charge is -2.10. The van der Waals surface area contributed by atoms with Gasteiger partial charge in [-0.15, -0.1) is 0 Å². The molecule has 0 aromatic heterocycles. The molecule has 0 unspecified atom stereocenters. The quantitative estimate of drug-likeness (QED) is 0.210. The number of rotatable bonds is 8. The highest BCUT2D eigenvalue weighted by molar-refractivity contribution is 5.79. The van der Waals surface area contributed by atoms with E-state index in [2.05, 4.69) is 15.7 Å². The summed E-state index contributed by atoms with van der Waals surface area (Å²) in [6.07, 6.45) is 0.865. The van der Waals surface area contributed by atoms with E-state index < -0.39 is 0 Å². The van der Waals surface area contributed by atoms with Crippen LogP contribution in [-0.4, -0.2) is 39.4 Å². The van der Waals surface area contributed by atoms with Gasteiger partial charge in [-0.1, -0.05) is 18.2 Å². The molecule has 106 valence electrons. The maximum atomic E-state index is 5.54. The molecule has 0 radical (unpaired) electrons. The maximum absolute atomic E-state index is 5.54. The van der Waals surface area contributed by atoms with Crippen LogP contribution in [0.15, 0.2) is 35.3 Å². The Labute approximate surface area is 114 Å². The van der Waals surface area contributed by atoms with E-state index in [-0.39, 0.29) is 0 Å². The van der Waals surface area contributed by atoms with E-state index in [1.54, 1.807) is 7.11 Å². The summed E-state index contributed by atoms with van der Waals surface area (Å²) in [7, 11) is 1.67. The summed E-state index contributed by atoms with van der Waals surface area (Å²) in [6.45, 7) is 2.53. The molecule has 0 saturated carbocycles. The van der Waals surface area contributed by atoms with Gasteiger partial charge in [-0.2, -0.15) is 0 Å². The zero-order valence-electron chi connectivity index (χ0n) is 11.3. The maximum Gasteiger partial charge on any atom is 0.205 e. The molecule has 19 heavy (non-hydrogen) atoms. The van der Waals surface area contributed by atoms with Crippen molar-refractivity contribution in [1.29, 1.82) is 0 Å². The molecule has 0 fully saturated rings. The van der Waals surface area contributed by atoms with Crippen molar-refractivity contribution in [2.24, 2.45) is 10.8 Å². The molecule has 0 amide bonds. The third-order valence-electron chi connectivity index (χ3n) is 2.32. The Morgan fingerprint density at radius 2 is 2.05 bits per heavy atom. The zero-order valence-corrected chi connectivity index (χ0v) is 11.3. The van der Waals surface area contributed by atoms with Gasteiger partial charge in [-0.25, -0.2) is 5.84 Å². The molecule has 0 heterocycles. The minimum atomic E-state index is 0.544. The Hall–Kier alpha value is -1.79. The third-order valence-corrected chi connectivity index (χ3v) is 2.32. The smallest absolute Gasteiger partial charge is 0.205 e. The monoisotopic (exact) mass is 266 g/mol. The Balaban J connectivity index is 2.15. The summed E-state index contributed by atoms with van der Waals surface area (Å²) in [5.74, 6) is 6.78. The summed E-state index contributed by atoms with van der Waals surface area (Å²) in [5, 5.41) is 3.06. The first kappa shape index (κ1) is 15.3. The van der Waals surface area contributed by atoms with Crippen molar-refractivity contribution in [3.05, 3.63) is 30.3 Å². The van der Waals surface area contributed by atoms with Crippen LogP contribution in [0.25, 0.3) is 0 Å². The van der Waals surface area contributed by atoms with Crippen LogP contribution in [0.1, 0.15) is 6.42 Å². The van der Waals surface area contributed by atoms with Crippen molar-refractivity contribution in [2.75, 3.05) is 33.4 Å². The molecule has 1 aromatic rings. The molecule has 6 nitrogen and oxygen atoms in total. The summed E-state index contributed by atoms with van der Waals surface area (Å²) >= 11 is 0. The Morgan fingerprint density at radius 1 is 1.26 bits per heavy atom. The molecule has 0 aliphatic rings. The van der Waals surface area contributed by atoms with Gasteiger partial charge in [0.1, 0.15) is 12.4 Å². The first-order chi connectivity index (χ1) is 9.36. The van der Waals surface area contributed by atoms with E-state index in [1.165, 1.54) is 0 Å². The van der Waals surface area contributed by atoms with Gasteiger partial charge in [-0.3, -0.25) is 10.4 Å². The Morgan fingerprint density at radius 3 is 2.74 bits per heavy atom. The molecular formula is C13H22N4O2. The number of ether oxygens (including phenoxy) is 2. The SMILES string of the molecule is COCCCN=C(NN)NCCOc1ccccc1. The lowest BCUT2D eigenvalue weighted by atomic mass is 10.3. The fraction of sp³-hybridized carbons (Fsp3) is 0.462. The molecular weight excluding hydrogens is 244 g/mol. The van der Waals surface area contributed by atoms with Gasteiger partial charge in [-0.05, 0) is 18.6 Å². The Bertz CT molecular complexity index is 357. The summed E-state index contributed by atoms with van der Waals surface area (Å²) in [6, 6.07) is 9.66. The number of guanidine groups is 1. The second-order valence-electron chi connectivity index (χ2n) is 3.81. The zero-order chi connectivity index (χ0) is 13.8. The average Bonchev–Trinajstić information content (AvgIpc) is 2.46. The highest BCUT2D eigenvalue weighted by atomic mass is 16.5. The topological polar surface area (TPSA) is 80.9 Å². The number of hydrogen-bond acceptors (Lipinski definition) is 4. The minimum absolute atomic E-state index is 0.544. The van der Waals surface area contributed by atoms with Gasteiger partial charge >= 0.3 is 0 Å². The first-order valence-corrected chi connectivity index (χ1v) is 6.28. The molecule has 4 N–H and O–H groups in total. The molecule has 0 atom stereocenters. The lowest BCUT2D eigenvalue weighted by Crippen LogP contribution is -2.43. The van der Waals surface area contributed by atoms with Crippen LogP contribution in [0.2, 0.25) is 0 Å². The molecule has 0 bridgehead atoms. The third kappa shape index (κ3) is 7.28. The molecule has 1 rings (SSSR count). The van der Waals surface area contributed by atoms with Gasteiger partial charge < -0.3 is 14.8 Å². The molecule has 1 aromatic carbocycles. The van der Waals surface area contributed by atoms with Crippen molar-refractivity contribution in [3.8, 4) is 5.75 Å². The van der Waals surface area contributed by atoms with E-state index >= 15 is 0 Å². The van der Waals surface area contributed by atoms with Crippen LogP contribution in [0.4, 0.5) is 0 Å². The average molecular weight is 266 g/mol. The number of para-hydroxylation sites is 1. The van der Waals surface area contributed by atoms with Gasteiger partial charge in [0.2, 0.25) is 5.96 Å². The number of nitrogens with two attached hydrogens (primary N) is 1. The highest BCUT2D eigenvalue weighted by Crippen LogP contribution is 2.07. The van der Waals surface area contributed by atoms with Crippen LogP contribution in [0.5, 0.6) is 5.75 Å². The fourth-order valence-corrected chi connectivity index (χ4v) is 1.41. The number of nitrogens with zero attached hydrogens (tertiary/aromatic N) is 1. The van der Waals surface area contributed by atoms with E-state index in [0.717, 1.165) is 12.2 Å². The van der Waals surface area contributed by atoms with Crippen LogP contribution in [0, 0.1) is 0 Å². The van der Waals surface area contributed by atoms with E-state index in [1.807, 2.05) is 30.3 Å². The number of hydrogen-bond donors (Lipinski definition) is 3. The van der Waals surface area contributed by atoms with E-state index in [4.69, 9.17) is 15.3 Å². The highest BCUT2D eigenvalue weighted by Gasteiger charge is 1.96. The van der Waals surface area contributed by atoms with Crippen molar-refractivity contribution in [2.45, 2.75) is 6.42 Å².